The van der Waals surface area contributed by atoms with Gasteiger partial charge in [-0.1, -0.05) is 0 Å². The molecule has 2 aromatic heterocycles. The van der Waals surface area contributed by atoms with E-state index in [0.29, 0.717) is 0 Å². The highest BCUT2D eigenvalue weighted by atomic mass is 79.9. The third kappa shape index (κ3) is 4.65. The van der Waals surface area contributed by atoms with Gasteiger partial charge in [0.2, 0.25) is 5.88 Å². The first kappa shape index (κ1) is 16.1. The van der Waals surface area contributed by atoms with Gasteiger partial charge in [0.25, 0.3) is 5.91 Å². The second-order valence-corrected chi connectivity index (χ2v) is 4.83. The molecule has 0 aliphatic heterocycles. The van der Waals surface area contributed by atoms with Gasteiger partial charge in [0, 0.05) is 6.20 Å². The molecule has 0 bridgehead atoms. The highest BCUT2D eigenvalue weighted by Gasteiger charge is 2.29. The fourth-order valence-corrected chi connectivity index (χ4v) is 1.83. The summed E-state index contributed by atoms with van der Waals surface area (Å²) in [7, 11) is 0. The largest absolute Gasteiger partial charge is 0.467 e. The van der Waals surface area contributed by atoms with Crippen LogP contribution in [0.4, 0.5) is 18.9 Å². The number of pyridine rings is 1. The van der Waals surface area contributed by atoms with Crippen LogP contribution in [-0.2, 0) is 0 Å². The number of hydrogen-bond donors (Lipinski definition) is 1. The van der Waals surface area contributed by atoms with Crippen molar-refractivity contribution in [2.45, 2.75) is 6.18 Å². The number of rotatable bonds is 4. The quantitative estimate of drug-likeness (QED) is 0.887. The van der Waals surface area contributed by atoms with Crippen LogP contribution in [0.3, 0.4) is 0 Å². The van der Waals surface area contributed by atoms with Gasteiger partial charge in [-0.05, 0) is 34.1 Å². The molecule has 0 aliphatic carbocycles. The van der Waals surface area contributed by atoms with Crippen LogP contribution in [0.5, 0.6) is 5.88 Å². The molecule has 116 valence electrons. The van der Waals surface area contributed by atoms with E-state index in [4.69, 9.17) is 0 Å². The van der Waals surface area contributed by atoms with Gasteiger partial charge in [-0.3, -0.25) is 4.79 Å². The van der Waals surface area contributed by atoms with Crippen molar-refractivity contribution in [1.82, 2.24) is 15.2 Å². The molecule has 0 radical (unpaired) electrons. The summed E-state index contributed by atoms with van der Waals surface area (Å²) in [6.45, 7) is -1.45. The molecular weight excluding hydrogens is 369 g/mol. The average molecular weight is 377 g/mol. The summed E-state index contributed by atoms with van der Waals surface area (Å²) in [6.07, 6.45) is -1.87. The number of carbonyl (C=O) groups excluding carboxylic acids is 1. The van der Waals surface area contributed by atoms with Crippen LogP contribution in [0.1, 0.15) is 10.5 Å². The Kier molecular flexibility index (Phi) is 4.91. The average Bonchev–Trinajstić information content (AvgIpc) is 2.46. The van der Waals surface area contributed by atoms with Gasteiger partial charge in [0.05, 0.1) is 16.4 Å². The van der Waals surface area contributed by atoms with Crippen molar-refractivity contribution in [2.24, 2.45) is 0 Å². The first-order valence-corrected chi connectivity index (χ1v) is 6.58. The molecule has 2 heterocycles. The van der Waals surface area contributed by atoms with Crippen molar-refractivity contribution < 1.29 is 22.7 Å². The Morgan fingerprint density at radius 1 is 1.41 bits per heavy atom. The zero-order valence-electron chi connectivity index (χ0n) is 10.8. The molecule has 0 fully saturated rings. The molecule has 10 heteroatoms. The van der Waals surface area contributed by atoms with E-state index in [0.717, 1.165) is 0 Å². The second-order valence-electron chi connectivity index (χ2n) is 3.98. The third-order valence-corrected chi connectivity index (χ3v) is 2.81. The Balaban J connectivity index is 2.05. The van der Waals surface area contributed by atoms with Gasteiger partial charge in [-0.2, -0.15) is 18.3 Å². The van der Waals surface area contributed by atoms with Gasteiger partial charge >= 0.3 is 6.18 Å². The lowest BCUT2D eigenvalue weighted by Crippen LogP contribution is -2.20. The van der Waals surface area contributed by atoms with Gasteiger partial charge < -0.3 is 10.1 Å². The summed E-state index contributed by atoms with van der Waals surface area (Å²) in [5, 5.41) is 9.68. The maximum Gasteiger partial charge on any atom is 0.422 e. The lowest BCUT2D eigenvalue weighted by Gasteiger charge is -2.10. The van der Waals surface area contributed by atoms with Crippen molar-refractivity contribution in [2.75, 3.05) is 11.9 Å². The normalized spacial score (nSPS) is 11.1. The fourth-order valence-electron chi connectivity index (χ4n) is 1.37. The number of carbonyl (C=O) groups is 1. The predicted octanol–water partition coefficient (Wildman–Crippen LogP) is 2.83. The van der Waals surface area contributed by atoms with Crippen LogP contribution in [-0.4, -0.2) is 33.9 Å². The molecule has 1 amide bonds. The van der Waals surface area contributed by atoms with Crippen LogP contribution in [0.15, 0.2) is 35.1 Å². The van der Waals surface area contributed by atoms with Crippen molar-refractivity contribution in [3.8, 4) is 5.88 Å². The first-order chi connectivity index (χ1) is 10.3. The van der Waals surface area contributed by atoms with Crippen LogP contribution in [0.2, 0.25) is 0 Å². The zero-order valence-corrected chi connectivity index (χ0v) is 12.3. The topological polar surface area (TPSA) is 77.0 Å². The van der Waals surface area contributed by atoms with E-state index in [9.17, 15) is 18.0 Å². The number of ether oxygens (including phenoxy) is 1. The third-order valence-electron chi connectivity index (χ3n) is 2.24. The first-order valence-electron chi connectivity index (χ1n) is 5.79. The van der Waals surface area contributed by atoms with Crippen LogP contribution in [0, 0.1) is 0 Å². The molecule has 6 nitrogen and oxygen atoms in total. The molecule has 0 aliphatic rings. The zero-order chi connectivity index (χ0) is 16.2. The lowest BCUT2D eigenvalue weighted by molar-refractivity contribution is -0.154. The molecule has 0 saturated heterocycles. The van der Waals surface area contributed by atoms with Crippen LogP contribution >= 0.6 is 15.9 Å². The molecule has 2 rings (SSSR count). The van der Waals surface area contributed by atoms with E-state index < -0.39 is 18.7 Å². The Morgan fingerprint density at radius 3 is 2.77 bits per heavy atom. The van der Waals surface area contributed by atoms with E-state index in [-0.39, 0.29) is 21.7 Å². The minimum Gasteiger partial charge on any atom is -0.467 e. The summed E-state index contributed by atoms with van der Waals surface area (Å²) < 4.78 is 40.9. The van der Waals surface area contributed by atoms with E-state index in [1.165, 1.54) is 24.5 Å². The lowest BCUT2D eigenvalue weighted by atomic mass is 10.3. The SMILES string of the molecule is O=C(Nc1cnc(OCC(F)(F)F)c(Br)c1)c1cccnn1. The van der Waals surface area contributed by atoms with Crippen molar-refractivity contribution in [3.05, 3.63) is 40.8 Å². The highest BCUT2D eigenvalue weighted by Crippen LogP contribution is 2.27. The molecular formula is C12H8BrF3N4O2. The smallest absolute Gasteiger partial charge is 0.422 e. The van der Waals surface area contributed by atoms with Crippen molar-refractivity contribution >= 4 is 27.5 Å². The van der Waals surface area contributed by atoms with Gasteiger partial charge in [0.15, 0.2) is 12.3 Å². The number of anilines is 1. The molecule has 2 aromatic rings. The number of nitrogens with zero attached hydrogens (tertiary/aromatic N) is 3. The molecule has 0 saturated carbocycles. The molecule has 0 atom stereocenters. The van der Waals surface area contributed by atoms with Gasteiger partial charge in [-0.25, -0.2) is 4.98 Å². The minimum absolute atomic E-state index is 0.0935. The monoisotopic (exact) mass is 376 g/mol. The van der Waals surface area contributed by atoms with E-state index in [2.05, 4.69) is 41.2 Å². The molecule has 1 N–H and O–H groups in total. The van der Waals surface area contributed by atoms with E-state index >= 15 is 0 Å². The highest BCUT2D eigenvalue weighted by molar-refractivity contribution is 9.10. The van der Waals surface area contributed by atoms with Crippen LogP contribution < -0.4 is 10.1 Å². The summed E-state index contributed by atoms with van der Waals surface area (Å²) in [5.74, 6) is -0.749. The number of halogens is 4. The Bertz CT molecular complexity index is 667. The summed E-state index contributed by atoms with van der Waals surface area (Å²) in [4.78, 5) is 15.5. The molecule has 22 heavy (non-hydrogen) atoms. The maximum absolute atomic E-state index is 12.1. The Morgan fingerprint density at radius 2 is 2.18 bits per heavy atom. The second kappa shape index (κ2) is 6.69. The molecule has 0 aromatic carbocycles. The summed E-state index contributed by atoms with van der Waals surface area (Å²) in [6, 6.07) is 4.38. The van der Waals surface area contributed by atoms with Crippen molar-refractivity contribution in [1.29, 1.82) is 0 Å². The Hall–Kier alpha value is -2.23. The minimum atomic E-state index is -4.46. The Labute approximate surface area is 130 Å². The predicted molar refractivity (Wildman–Crippen MR) is 73.5 cm³/mol. The standard InChI is InChI=1S/C12H8BrF3N4O2/c13-8-4-7(5-17-11(8)22-6-12(14,15)16)19-10(21)9-2-1-3-18-20-9/h1-5H,6H2,(H,19,21). The van der Waals surface area contributed by atoms with Crippen molar-refractivity contribution in [3.63, 3.8) is 0 Å². The fraction of sp³-hybridized carbons (Fsp3) is 0.167. The summed E-state index contributed by atoms with van der Waals surface area (Å²) >= 11 is 3.03. The number of amides is 1. The van der Waals surface area contributed by atoms with Crippen LogP contribution in [0.25, 0.3) is 0 Å². The van der Waals surface area contributed by atoms with Gasteiger partial charge in [-0.15, -0.1) is 5.10 Å². The molecule has 0 unspecified atom stereocenters. The van der Waals surface area contributed by atoms with E-state index in [1.54, 1.807) is 6.07 Å². The van der Waals surface area contributed by atoms with Gasteiger partial charge in [0.1, 0.15) is 0 Å². The number of alkyl halides is 3. The summed E-state index contributed by atoms with van der Waals surface area (Å²) in [5.41, 5.74) is 0.359. The number of hydrogen-bond acceptors (Lipinski definition) is 5. The molecule has 0 spiro atoms. The van der Waals surface area contributed by atoms with E-state index in [1.807, 2.05) is 0 Å². The maximum atomic E-state index is 12.1. The number of aromatic nitrogens is 3. The number of nitrogens with one attached hydrogen (secondary N) is 1.